The Morgan fingerprint density at radius 3 is 2.58 bits per heavy atom. The number of carbonyl (C=O) groups excluding carboxylic acids is 1. The maximum atomic E-state index is 12.5. The van der Waals surface area contributed by atoms with Crippen molar-refractivity contribution in [3.05, 3.63) is 65.5 Å². The third-order valence-electron chi connectivity index (χ3n) is 3.74. The molecule has 134 valence electrons. The lowest BCUT2D eigenvalue weighted by molar-refractivity contribution is -0.129. The molecule has 5 nitrogen and oxygen atoms in total. The lowest BCUT2D eigenvalue weighted by atomic mass is 10.2. The average molecular weight is 388 g/mol. The maximum absolute atomic E-state index is 12.5. The van der Waals surface area contributed by atoms with Crippen LogP contribution >= 0.6 is 23.4 Å². The van der Waals surface area contributed by atoms with Crippen molar-refractivity contribution in [2.24, 2.45) is 0 Å². The molecule has 0 radical (unpaired) electrons. The zero-order chi connectivity index (χ0) is 18.4. The normalized spacial score (nSPS) is 10.7. The van der Waals surface area contributed by atoms with E-state index in [4.69, 9.17) is 16.1 Å². The topological polar surface area (TPSA) is 59.2 Å². The predicted octanol–water partition coefficient (Wildman–Crippen LogP) is 4.53. The van der Waals surface area contributed by atoms with Crippen molar-refractivity contribution in [2.45, 2.75) is 18.4 Å². The van der Waals surface area contributed by atoms with Crippen molar-refractivity contribution in [1.82, 2.24) is 15.0 Å². The molecule has 0 aliphatic heterocycles. The van der Waals surface area contributed by atoms with Crippen molar-refractivity contribution in [2.75, 3.05) is 12.3 Å². The van der Waals surface area contributed by atoms with E-state index in [0.29, 0.717) is 35.6 Å². The summed E-state index contributed by atoms with van der Waals surface area (Å²) in [5.41, 5.74) is 0.818. The lowest BCUT2D eigenvalue weighted by Gasteiger charge is -2.18. The van der Waals surface area contributed by atoms with Gasteiger partial charge >= 0.3 is 0 Å². The second-order valence-corrected chi connectivity index (χ2v) is 7.01. The van der Waals surface area contributed by atoms with Gasteiger partial charge in [0.05, 0.1) is 12.3 Å². The summed E-state index contributed by atoms with van der Waals surface area (Å²) < 4.78 is 5.30. The number of carbonyl (C=O) groups is 1. The van der Waals surface area contributed by atoms with Crippen LogP contribution in [0, 0.1) is 0 Å². The number of rotatable bonds is 7. The highest BCUT2D eigenvalue weighted by Gasteiger charge is 2.17. The first-order chi connectivity index (χ1) is 12.7. The van der Waals surface area contributed by atoms with Gasteiger partial charge in [-0.25, -0.2) is 0 Å². The van der Waals surface area contributed by atoms with Crippen molar-refractivity contribution in [1.29, 1.82) is 0 Å². The van der Waals surface area contributed by atoms with Gasteiger partial charge in [0.2, 0.25) is 17.6 Å². The third-order valence-corrected chi connectivity index (χ3v) is 4.99. The van der Waals surface area contributed by atoms with Gasteiger partial charge in [-0.2, -0.15) is 4.98 Å². The van der Waals surface area contributed by atoms with Gasteiger partial charge in [-0.1, -0.05) is 35.0 Å². The summed E-state index contributed by atoms with van der Waals surface area (Å²) in [5.74, 6) is 1.30. The van der Waals surface area contributed by atoms with E-state index in [0.717, 1.165) is 10.5 Å². The number of benzene rings is 2. The number of aromatic nitrogens is 2. The zero-order valence-electron chi connectivity index (χ0n) is 14.3. The van der Waals surface area contributed by atoms with Crippen molar-refractivity contribution in [3.8, 4) is 11.4 Å². The summed E-state index contributed by atoms with van der Waals surface area (Å²) in [6, 6.07) is 17.1. The summed E-state index contributed by atoms with van der Waals surface area (Å²) in [5, 5.41) is 4.63. The highest BCUT2D eigenvalue weighted by Crippen LogP contribution is 2.20. The molecule has 0 aliphatic carbocycles. The first kappa shape index (κ1) is 18.5. The molecule has 0 unspecified atom stereocenters. The zero-order valence-corrected chi connectivity index (χ0v) is 15.8. The molecule has 0 saturated carbocycles. The Morgan fingerprint density at radius 1 is 1.15 bits per heavy atom. The van der Waals surface area contributed by atoms with E-state index >= 15 is 0 Å². The van der Waals surface area contributed by atoms with Crippen molar-refractivity contribution >= 4 is 29.3 Å². The predicted molar refractivity (Wildman–Crippen MR) is 103 cm³/mol. The third kappa shape index (κ3) is 4.86. The van der Waals surface area contributed by atoms with Crippen LogP contribution in [-0.2, 0) is 11.3 Å². The van der Waals surface area contributed by atoms with E-state index in [1.54, 1.807) is 17.0 Å². The number of amides is 1. The molecule has 1 amide bonds. The van der Waals surface area contributed by atoms with Crippen LogP contribution in [0.25, 0.3) is 11.4 Å². The molecule has 0 spiro atoms. The molecule has 1 aromatic heterocycles. The lowest BCUT2D eigenvalue weighted by Crippen LogP contribution is -2.31. The summed E-state index contributed by atoms with van der Waals surface area (Å²) in [7, 11) is 0. The minimum Gasteiger partial charge on any atom is -0.337 e. The minimum absolute atomic E-state index is 0.0348. The number of hydrogen-bond acceptors (Lipinski definition) is 5. The van der Waals surface area contributed by atoms with Gasteiger partial charge in [0, 0.05) is 22.0 Å². The molecule has 0 atom stereocenters. The Bertz CT molecular complexity index is 853. The second-order valence-electron chi connectivity index (χ2n) is 5.53. The molecule has 0 aliphatic rings. The van der Waals surface area contributed by atoms with Crippen LogP contribution in [0.3, 0.4) is 0 Å². The standard InChI is InChI=1S/C19H18ClN3O2S/c1-2-23(18(24)13-26-16-6-4-3-5-7-16)12-17-21-19(22-25-17)14-8-10-15(20)11-9-14/h3-11H,2,12-13H2,1H3. The molecule has 0 bridgehead atoms. The van der Waals surface area contributed by atoms with Crippen LogP contribution < -0.4 is 0 Å². The van der Waals surface area contributed by atoms with Gasteiger partial charge in [-0.15, -0.1) is 11.8 Å². The SMILES string of the molecule is CCN(Cc1nc(-c2ccc(Cl)cc2)no1)C(=O)CSc1ccccc1. The number of thioether (sulfide) groups is 1. The average Bonchev–Trinajstić information content (AvgIpc) is 3.14. The molecule has 3 aromatic rings. The fourth-order valence-corrected chi connectivity index (χ4v) is 3.28. The fraction of sp³-hybridized carbons (Fsp3) is 0.211. The van der Waals surface area contributed by atoms with Gasteiger partial charge < -0.3 is 9.42 Å². The Kier molecular flexibility index (Phi) is 6.30. The Labute approximate surface area is 161 Å². The Balaban J connectivity index is 1.61. The van der Waals surface area contributed by atoms with Crippen LogP contribution in [0.15, 0.2) is 64.0 Å². The molecule has 3 rings (SSSR count). The van der Waals surface area contributed by atoms with Crippen LogP contribution in [0.2, 0.25) is 5.02 Å². The van der Waals surface area contributed by atoms with Gasteiger partial charge in [0.15, 0.2) is 0 Å². The van der Waals surface area contributed by atoms with Gasteiger partial charge in [0.1, 0.15) is 0 Å². The monoisotopic (exact) mass is 387 g/mol. The minimum atomic E-state index is 0.0348. The van der Waals surface area contributed by atoms with E-state index in [1.165, 1.54) is 11.8 Å². The molecule has 0 saturated heterocycles. The first-order valence-corrected chi connectivity index (χ1v) is 9.56. The highest BCUT2D eigenvalue weighted by molar-refractivity contribution is 8.00. The van der Waals surface area contributed by atoms with Crippen LogP contribution in [0.4, 0.5) is 0 Å². The van der Waals surface area contributed by atoms with Crippen molar-refractivity contribution in [3.63, 3.8) is 0 Å². The van der Waals surface area contributed by atoms with E-state index in [9.17, 15) is 4.79 Å². The molecule has 7 heteroatoms. The van der Waals surface area contributed by atoms with E-state index in [2.05, 4.69) is 10.1 Å². The first-order valence-electron chi connectivity index (χ1n) is 8.20. The molecule has 0 fully saturated rings. The summed E-state index contributed by atoms with van der Waals surface area (Å²) >= 11 is 7.41. The maximum Gasteiger partial charge on any atom is 0.246 e. The molecular formula is C19H18ClN3O2S. The molecular weight excluding hydrogens is 370 g/mol. The van der Waals surface area contributed by atoms with Crippen LogP contribution in [-0.4, -0.2) is 33.2 Å². The Hall–Kier alpha value is -2.31. The highest BCUT2D eigenvalue weighted by atomic mass is 35.5. The van der Waals surface area contributed by atoms with Gasteiger partial charge in [0.25, 0.3) is 0 Å². The molecule has 2 aromatic carbocycles. The van der Waals surface area contributed by atoms with E-state index < -0.39 is 0 Å². The summed E-state index contributed by atoms with van der Waals surface area (Å²) in [4.78, 5) is 19.6. The number of nitrogens with zero attached hydrogens (tertiary/aromatic N) is 3. The molecule has 1 heterocycles. The largest absolute Gasteiger partial charge is 0.337 e. The van der Waals surface area contributed by atoms with Crippen molar-refractivity contribution < 1.29 is 9.32 Å². The van der Waals surface area contributed by atoms with Crippen LogP contribution in [0.1, 0.15) is 12.8 Å². The van der Waals surface area contributed by atoms with Gasteiger partial charge in [-0.05, 0) is 43.3 Å². The van der Waals surface area contributed by atoms with E-state index in [-0.39, 0.29) is 5.91 Å². The molecule has 26 heavy (non-hydrogen) atoms. The smallest absolute Gasteiger partial charge is 0.246 e. The number of halogens is 1. The summed E-state index contributed by atoms with van der Waals surface area (Å²) in [6.07, 6.45) is 0. The second kappa shape index (κ2) is 8.87. The van der Waals surface area contributed by atoms with Crippen LogP contribution in [0.5, 0.6) is 0 Å². The quantitative estimate of drug-likeness (QED) is 0.557. The Morgan fingerprint density at radius 2 is 1.88 bits per heavy atom. The summed E-state index contributed by atoms with van der Waals surface area (Å²) in [6.45, 7) is 2.81. The fourth-order valence-electron chi connectivity index (χ4n) is 2.33. The molecule has 0 N–H and O–H groups in total. The van der Waals surface area contributed by atoms with Gasteiger partial charge in [-0.3, -0.25) is 4.79 Å². The van der Waals surface area contributed by atoms with E-state index in [1.807, 2.05) is 49.4 Å². The number of hydrogen-bond donors (Lipinski definition) is 0.